The van der Waals surface area contributed by atoms with Crippen LogP contribution in [0.15, 0.2) is 29.2 Å². The van der Waals surface area contributed by atoms with Crippen LogP contribution < -0.4 is 5.32 Å². The van der Waals surface area contributed by atoms with E-state index in [2.05, 4.69) is 5.32 Å². The first-order chi connectivity index (χ1) is 12.7. The molecule has 27 heavy (non-hydrogen) atoms. The standard InChI is InChI=1S/C17H19Cl2N3O4S/c1-11-3-4-12(27(24,25)22-5-7-26-8-6-22)9-14(11)20-17(23)15-10-13(18)16(19)21(15)2/h3-4,9-10H,5-8H2,1-2H3,(H,20,23). The lowest BCUT2D eigenvalue weighted by Gasteiger charge is -2.26. The predicted octanol–water partition coefficient (Wildman–Crippen LogP) is 2.91. The molecule has 0 bridgehead atoms. The Hall–Kier alpha value is -1.58. The van der Waals surface area contributed by atoms with Gasteiger partial charge in [0.05, 0.1) is 23.1 Å². The first-order valence-corrected chi connectivity index (χ1v) is 10.4. The van der Waals surface area contributed by atoms with Crippen LogP contribution in [0.3, 0.4) is 0 Å². The van der Waals surface area contributed by atoms with Gasteiger partial charge in [-0.05, 0) is 30.7 Å². The molecule has 1 amide bonds. The minimum absolute atomic E-state index is 0.119. The van der Waals surface area contributed by atoms with Crippen molar-refractivity contribution < 1.29 is 17.9 Å². The SMILES string of the molecule is Cc1ccc(S(=O)(=O)N2CCOCC2)cc1NC(=O)c1cc(Cl)c(Cl)n1C. The topological polar surface area (TPSA) is 80.6 Å². The summed E-state index contributed by atoms with van der Waals surface area (Å²) in [7, 11) is -2.04. The van der Waals surface area contributed by atoms with Crippen molar-refractivity contribution in [2.75, 3.05) is 31.6 Å². The van der Waals surface area contributed by atoms with Gasteiger partial charge < -0.3 is 14.6 Å². The number of hydrogen-bond acceptors (Lipinski definition) is 4. The Bertz CT molecular complexity index is 982. The molecule has 0 radical (unpaired) electrons. The monoisotopic (exact) mass is 431 g/mol. The lowest BCUT2D eigenvalue weighted by atomic mass is 10.2. The van der Waals surface area contributed by atoms with Crippen molar-refractivity contribution in [2.24, 2.45) is 7.05 Å². The minimum Gasteiger partial charge on any atom is -0.379 e. The number of ether oxygens (including phenoxy) is 1. The molecule has 1 aliphatic heterocycles. The van der Waals surface area contributed by atoms with E-state index >= 15 is 0 Å². The van der Waals surface area contributed by atoms with Gasteiger partial charge in [0.25, 0.3) is 5.91 Å². The van der Waals surface area contributed by atoms with E-state index in [0.29, 0.717) is 32.0 Å². The summed E-state index contributed by atoms with van der Waals surface area (Å²) in [4.78, 5) is 12.7. The lowest BCUT2D eigenvalue weighted by molar-refractivity contribution is 0.0730. The molecule has 2 heterocycles. The maximum Gasteiger partial charge on any atom is 0.272 e. The molecule has 0 atom stereocenters. The Morgan fingerprint density at radius 3 is 2.44 bits per heavy atom. The summed E-state index contributed by atoms with van der Waals surface area (Å²) in [5.41, 5.74) is 1.41. The Kier molecular flexibility index (Phi) is 5.83. The molecule has 0 aliphatic carbocycles. The van der Waals surface area contributed by atoms with Crippen LogP contribution in [0.2, 0.25) is 10.2 Å². The molecule has 0 unspecified atom stereocenters. The van der Waals surface area contributed by atoms with Gasteiger partial charge in [0.1, 0.15) is 10.8 Å². The molecule has 1 N–H and O–H groups in total. The largest absolute Gasteiger partial charge is 0.379 e. The second-order valence-electron chi connectivity index (χ2n) is 6.17. The van der Waals surface area contributed by atoms with Gasteiger partial charge in [-0.25, -0.2) is 8.42 Å². The molecule has 2 aromatic rings. The second-order valence-corrected chi connectivity index (χ2v) is 8.88. The molecule has 1 aromatic carbocycles. The van der Waals surface area contributed by atoms with Gasteiger partial charge in [-0.3, -0.25) is 4.79 Å². The number of carbonyl (C=O) groups is 1. The average Bonchev–Trinajstić information content (AvgIpc) is 2.91. The summed E-state index contributed by atoms with van der Waals surface area (Å²) in [6.45, 7) is 3.12. The Morgan fingerprint density at radius 1 is 1.19 bits per heavy atom. The highest BCUT2D eigenvalue weighted by Gasteiger charge is 2.27. The van der Waals surface area contributed by atoms with E-state index in [0.717, 1.165) is 5.56 Å². The predicted molar refractivity (Wildman–Crippen MR) is 104 cm³/mol. The number of halogens is 2. The molecular weight excluding hydrogens is 413 g/mol. The molecule has 1 aliphatic rings. The van der Waals surface area contributed by atoms with Gasteiger partial charge >= 0.3 is 0 Å². The number of nitrogens with zero attached hydrogens (tertiary/aromatic N) is 2. The van der Waals surface area contributed by atoms with Crippen LogP contribution in [0, 0.1) is 6.92 Å². The van der Waals surface area contributed by atoms with Crippen LogP contribution >= 0.6 is 23.2 Å². The Labute approximate surface area is 167 Å². The van der Waals surface area contributed by atoms with E-state index in [1.807, 2.05) is 0 Å². The second kappa shape index (κ2) is 7.81. The first-order valence-electron chi connectivity index (χ1n) is 8.22. The van der Waals surface area contributed by atoms with Crippen molar-refractivity contribution in [1.82, 2.24) is 8.87 Å². The summed E-state index contributed by atoms with van der Waals surface area (Å²) >= 11 is 12.0. The number of aromatic nitrogens is 1. The zero-order chi connectivity index (χ0) is 19.8. The summed E-state index contributed by atoms with van der Waals surface area (Å²) in [5, 5.41) is 3.26. The average molecular weight is 432 g/mol. The number of hydrogen-bond donors (Lipinski definition) is 1. The van der Waals surface area contributed by atoms with Crippen molar-refractivity contribution >= 4 is 44.8 Å². The van der Waals surface area contributed by atoms with E-state index in [-0.39, 0.29) is 20.8 Å². The van der Waals surface area contributed by atoms with Crippen molar-refractivity contribution in [3.8, 4) is 0 Å². The third-order valence-corrected chi connectivity index (χ3v) is 7.15. The van der Waals surface area contributed by atoms with Crippen molar-refractivity contribution in [1.29, 1.82) is 0 Å². The molecule has 1 fully saturated rings. The van der Waals surface area contributed by atoms with Crippen LogP contribution in [0.4, 0.5) is 5.69 Å². The summed E-state index contributed by atoms with van der Waals surface area (Å²) in [5.74, 6) is -0.435. The number of nitrogens with one attached hydrogen (secondary N) is 1. The highest BCUT2D eigenvalue weighted by molar-refractivity contribution is 7.89. The highest BCUT2D eigenvalue weighted by atomic mass is 35.5. The number of anilines is 1. The third-order valence-electron chi connectivity index (χ3n) is 4.41. The lowest BCUT2D eigenvalue weighted by Crippen LogP contribution is -2.40. The van der Waals surface area contributed by atoms with Crippen molar-refractivity contribution in [2.45, 2.75) is 11.8 Å². The van der Waals surface area contributed by atoms with Crippen LogP contribution in [-0.2, 0) is 21.8 Å². The molecule has 1 saturated heterocycles. The molecule has 10 heteroatoms. The quantitative estimate of drug-likeness (QED) is 0.806. The van der Waals surface area contributed by atoms with E-state index < -0.39 is 15.9 Å². The summed E-state index contributed by atoms with van der Waals surface area (Å²) < 4.78 is 33.7. The van der Waals surface area contributed by atoms with E-state index in [9.17, 15) is 13.2 Å². The molecule has 1 aromatic heterocycles. The van der Waals surface area contributed by atoms with E-state index in [1.54, 1.807) is 20.0 Å². The number of amides is 1. The molecular formula is C17H19Cl2N3O4S. The zero-order valence-electron chi connectivity index (χ0n) is 14.8. The Balaban J connectivity index is 1.89. The van der Waals surface area contributed by atoms with E-state index in [4.69, 9.17) is 27.9 Å². The molecule has 3 rings (SSSR count). The van der Waals surface area contributed by atoms with Crippen molar-refractivity contribution in [3.05, 3.63) is 45.7 Å². The van der Waals surface area contributed by atoms with Gasteiger partial charge in [0.15, 0.2) is 0 Å². The van der Waals surface area contributed by atoms with Crippen LogP contribution in [-0.4, -0.2) is 49.5 Å². The molecule has 146 valence electrons. The van der Waals surface area contributed by atoms with Crippen LogP contribution in [0.5, 0.6) is 0 Å². The Morgan fingerprint density at radius 2 is 1.85 bits per heavy atom. The van der Waals surface area contributed by atoms with Gasteiger partial charge in [-0.1, -0.05) is 29.3 Å². The van der Waals surface area contributed by atoms with Crippen molar-refractivity contribution in [3.63, 3.8) is 0 Å². The molecule has 7 nitrogen and oxygen atoms in total. The zero-order valence-corrected chi connectivity index (χ0v) is 17.2. The smallest absolute Gasteiger partial charge is 0.272 e. The summed E-state index contributed by atoms with van der Waals surface area (Å²) in [6.07, 6.45) is 0. The van der Waals surface area contributed by atoms with Gasteiger partial charge in [0.2, 0.25) is 10.0 Å². The fourth-order valence-corrected chi connectivity index (χ4v) is 4.59. The number of benzene rings is 1. The minimum atomic E-state index is -3.66. The first kappa shape index (κ1) is 20.2. The van der Waals surface area contributed by atoms with E-state index in [1.165, 1.54) is 27.1 Å². The number of sulfonamides is 1. The third kappa shape index (κ3) is 4.00. The maximum absolute atomic E-state index is 12.8. The number of aryl methyl sites for hydroxylation is 1. The van der Waals surface area contributed by atoms with Gasteiger partial charge in [-0.15, -0.1) is 0 Å². The summed E-state index contributed by atoms with van der Waals surface area (Å²) in [6, 6.07) is 6.12. The molecule has 0 saturated carbocycles. The highest BCUT2D eigenvalue weighted by Crippen LogP contribution is 2.27. The number of morpholine rings is 1. The normalized spacial score (nSPS) is 15.7. The van der Waals surface area contributed by atoms with Crippen LogP contribution in [0.25, 0.3) is 0 Å². The van der Waals surface area contributed by atoms with Crippen LogP contribution in [0.1, 0.15) is 16.1 Å². The number of rotatable bonds is 4. The maximum atomic E-state index is 12.8. The van der Waals surface area contributed by atoms with Gasteiger partial charge in [-0.2, -0.15) is 4.31 Å². The molecule has 0 spiro atoms. The van der Waals surface area contributed by atoms with Gasteiger partial charge in [0, 0.05) is 25.8 Å². The number of carbonyl (C=O) groups excluding carboxylic acids is 1. The fraction of sp³-hybridized carbons (Fsp3) is 0.353. The fourth-order valence-electron chi connectivity index (χ4n) is 2.78.